The normalized spacial score (nSPS) is 18.2. The fourth-order valence-corrected chi connectivity index (χ4v) is 2.83. The summed E-state index contributed by atoms with van der Waals surface area (Å²) in [5, 5.41) is 0.949. The maximum atomic E-state index is 12.6. The van der Waals surface area contributed by atoms with Crippen LogP contribution < -0.4 is 0 Å². The van der Waals surface area contributed by atoms with Crippen molar-refractivity contribution in [3.63, 3.8) is 0 Å². The molecule has 5 heteroatoms. The number of benzene rings is 1. The molecule has 1 fully saturated rings. The SMILES string of the molecule is COC(=O)C1CCN(C(=O)c2oc3ccccc3c2C)C1. The number of furan rings is 1. The van der Waals surface area contributed by atoms with Gasteiger partial charge in [-0.1, -0.05) is 18.2 Å². The van der Waals surface area contributed by atoms with Crippen molar-refractivity contribution in [2.45, 2.75) is 13.3 Å². The number of rotatable bonds is 2. The summed E-state index contributed by atoms with van der Waals surface area (Å²) in [6, 6.07) is 7.58. The number of carbonyl (C=O) groups excluding carboxylic acids is 2. The fraction of sp³-hybridized carbons (Fsp3) is 0.375. The Morgan fingerprint density at radius 2 is 2.10 bits per heavy atom. The van der Waals surface area contributed by atoms with Crippen molar-refractivity contribution in [3.05, 3.63) is 35.6 Å². The number of nitrogens with zero attached hydrogens (tertiary/aromatic N) is 1. The molecule has 0 saturated carbocycles. The average molecular weight is 287 g/mol. The highest BCUT2D eigenvalue weighted by Gasteiger charge is 2.34. The molecule has 0 spiro atoms. The molecular formula is C16H17NO4. The number of ether oxygens (including phenoxy) is 1. The van der Waals surface area contributed by atoms with E-state index in [4.69, 9.17) is 9.15 Å². The summed E-state index contributed by atoms with van der Waals surface area (Å²) in [6.07, 6.45) is 0.637. The first-order chi connectivity index (χ1) is 10.1. The van der Waals surface area contributed by atoms with E-state index in [9.17, 15) is 9.59 Å². The van der Waals surface area contributed by atoms with Crippen molar-refractivity contribution in [2.24, 2.45) is 5.92 Å². The number of fused-ring (bicyclic) bond motifs is 1. The molecule has 0 bridgehead atoms. The number of aryl methyl sites for hydroxylation is 1. The first-order valence-electron chi connectivity index (χ1n) is 6.97. The third kappa shape index (κ3) is 2.28. The lowest BCUT2D eigenvalue weighted by molar-refractivity contribution is -0.144. The number of carbonyl (C=O) groups is 2. The van der Waals surface area contributed by atoms with Crippen LogP contribution in [0.5, 0.6) is 0 Å². The number of methoxy groups -OCH3 is 1. The van der Waals surface area contributed by atoms with Gasteiger partial charge in [-0.25, -0.2) is 0 Å². The van der Waals surface area contributed by atoms with Crippen LogP contribution in [-0.4, -0.2) is 37.0 Å². The number of esters is 1. The molecular weight excluding hydrogens is 270 g/mol. The topological polar surface area (TPSA) is 59.8 Å². The maximum absolute atomic E-state index is 12.6. The van der Waals surface area contributed by atoms with Gasteiger partial charge in [-0.15, -0.1) is 0 Å². The number of hydrogen-bond acceptors (Lipinski definition) is 4. The van der Waals surface area contributed by atoms with Crippen molar-refractivity contribution in [2.75, 3.05) is 20.2 Å². The highest BCUT2D eigenvalue weighted by atomic mass is 16.5. The van der Waals surface area contributed by atoms with Crippen LogP contribution in [0.25, 0.3) is 11.0 Å². The van der Waals surface area contributed by atoms with Crippen LogP contribution in [0.3, 0.4) is 0 Å². The van der Waals surface area contributed by atoms with E-state index in [2.05, 4.69) is 0 Å². The molecule has 1 amide bonds. The first-order valence-corrected chi connectivity index (χ1v) is 6.97. The van der Waals surface area contributed by atoms with Crippen LogP contribution in [0.4, 0.5) is 0 Å². The van der Waals surface area contributed by atoms with E-state index < -0.39 is 0 Å². The zero-order valence-electron chi connectivity index (χ0n) is 12.1. The highest BCUT2D eigenvalue weighted by Crippen LogP contribution is 2.28. The molecule has 0 radical (unpaired) electrons. The van der Waals surface area contributed by atoms with Crippen LogP contribution in [-0.2, 0) is 9.53 Å². The van der Waals surface area contributed by atoms with Gasteiger partial charge in [0, 0.05) is 24.0 Å². The second-order valence-electron chi connectivity index (χ2n) is 5.31. The van der Waals surface area contributed by atoms with Crippen molar-refractivity contribution in [1.29, 1.82) is 0 Å². The first kappa shape index (κ1) is 13.7. The summed E-state index contributed by atoms with van der Waals surface area (Å²) in [7, 11) is 1.37. The van der Waals surface area contributed by atoms with Crippen LogP contribution in [0, 0.1) is 12.8 Å². The van der Waals surface area contributed by atoms with Crippen molar-refractivity contribution >= 4 is 22.8 Å². The minimum absolute atomic E-state index is 0.157. The van der Waals surface area contributed by atoms with Gasteiger partial charge in [0.1, 0.15) is 5.58 Å². The lowest BCUT2D eigenvalue weighted by Crippen LogP contribution is -2.30. The molecule has 3 rings (SSSR count). The molecule has 5 nitrogen and oxygen atoms in total. The quantitative estimate of drug-likeness (QED) is 0.796. The van der Waals surface area contributed by atoms with E-state index in [1.807, 2.05) is 31.2 Å². The minimum atomic E-state index is -0.258. The molecule has 1 saturated heterocycles. The van der Waals surface area contributed by atoms with E-state index in [0.717, 1.165) is 10.9 Å². The maximum Gasteiger partial charge on any atom is 0.310 e. The van der Waals surface area contributed by atoms with Gasteiger partial charge < -0.3 is 14.1 Å². The summed E-state index contributed by atoms with van der Waals surface area (Å²) in [5.41, 5.74) is 1.55. The third-order valence-corrected chi connectivity index (χ3v) is 4.05. The molecule has 0 aliphatic carbocycles. The summed E-state index contributed by atoms with van der Waals surface area (Å²) in [6.45, 7) is 2.82. The van der Waals surface area contributed by atoms with Gasteiger partial charge in [0.15, 0.2) is 5.76 Å². The molecule has 1 aromatic carbocycles. The molecule has 0 N–H and O–H groups in total. The molecule has 1 unspecified atom stereocenters. The Morgan fingerprint density at radius 3 is 2.81 bits per heavy atom. The van der Waals surface area contributed by atoms with Crippen molar-refractivity contribution in [3.8, 4) is 0 Å². The van der Waals surface area contributed by atoms with E-state index >= 15 is 0 Å². The molecule has 2 aromatic rings. The Kier molecular flexibility index (Phi) is 3.41. The van der Waals surface area contributed by atoms with Gasteiger partial charge in [0.2, 0.25) is 0 Å². The van der Waals surface area contributed by atoms with Crippen molar-refractivity contribution < 1.29 is 18.7 Å². The predicted octanol–water partition coefficient (Wildman–Crippen LogP) is 2.38. The molecule has 1 atom stereocenters. The monoisotopic (exact) mass is 287 g/mol. The zero-order chi connectivity index (χ0) is 15.0. The summed E-state index contributed by atoms with van der Waals surface area (Å²) in [4.78, 5) is 25.8. The van der Waals surface area contributed by atoms with Crippen LogP contribution >= 0.6 is 0 Å². The molecule has 1 aliphatic rings. The minimum Gasteiger partial charge on any atom is -0.469 e. The molecule has 1 aromatic heterocycles. The summed E-state index contributed by atoms with van der Waals surface area (Å²) < 4.78 is 10.4. The highest BCUT2D eigenvalue weighted by molar-refractivity contribution is 5.99. The average Bonchev–Trinajstić information content (AvgIpc) is 3.12. The second-order valence-corrected chi connectivity index (χ2v) is 5.31. The van der Waals surface area contributed by atoms with E-state index in [1.54, 1.807) is 4.90 Å². The zero-order valence-corrected chi connectivity index (χ0v) is 12.1. The number of hydrogen-bond donors (Lipinski definition) is 0. The fourth-order valence-electron chi connectivity index (χ4n) is 2.83. The molecule has 110 valence electrons. The van der Waals surface area contributed by atoms with Gasteiger partial charge in [-0.2, -0.15) is 0 Å². The lowest BCUT2D eigenvalue weighted by atomic mass is 10.1. The summed E-state index contributed by atoms with van der Waals surface area (Å²) in [5.74, 6) is -0.285. The number of amides is 1. The standard InChI is InChI=1S/C16H17NO4/c1-10-12-5-3-4-6-13(12)21-14(10)15(18)17-8-7-11(9-17)16(19)20-2/h3-6,11H,7-9H2,1-2H3. The Labute approximate surface area is 122 Å². The lowest BCUT2D eigenvalue weighted by Gasteiger charge is -2.14. The molecule has 21 heavy (non-hydrogen) atoms. The Hall–Kier alpha value is -2.30. The molecule has 2 heterocycles. The van der Waals surface area contributed by atoms with Gasteiger partial charge in [-0.05, 0) is 19.4 Å². The van der Waals surface area contributed by atoms with Crippen LogP contribution in [0.1, 0.15) is 22.5 Å². The smallest absolute Gasteiger partial charge is 0.310 e. The van der Waals surface area contributed by atoms with E-state index in [0.29, 0.717) is 30.9 Å². The van der Waals surface area contributed by atoms with E-state index in [-0.39, 0.29) is 17.8 Å². The summed E-state index contributed by atoms with van der Waals surface area (Å²) >= 11 is 0. The van der Waals surface area contributed by atoms with Gasteiger partial charge in [0.05, 0.1) is 13.0 Å². The number of para-hydroxylation sites is 1. The third-order valence-electron chi connectivity index (χ3n) is 4.05. The van der Waals surface area contributed by atoms with E-state index in [1.165, 1.54) is 7.11 Å². The van der Waals surface area contributed by atoms with Crippen LogP contribution in [0.15, 0.2) is 28.7 Å². The predicted molar refractivity (Wildman–Crippen MR) is 77.0 cm³/mol. The van der Waals surface area contributed by atoms with Gasteiger partial charge in [-0.3, -0.25) is 9.59 Å². The van der Waals surface area contributed by atoms with Crippen LogP contribution in [0.2, 0.25) is 0 Å². The number of likely N-dealkylation sites (tertiary alicyclic amines) is 1. The molecule has 1 aliphatic heterocycles. The Morgan fingerprint density at radius 1 is 1.33 bits per heavy atom. The van der Waals surface area contributed by atoms with Gasteiger partial charge >= 0.3 is 5.97 Å². The van der Waals surface area contributed by atoms with Gasteiger partial charge in [0.25, 0.3) is 5.91 Å². The largest absolute Gasteiger partial charge is 0.469 e. The Balaban J connectivity index is 1.85. The van der Waals surface area contributed by atoms with Crippen molar-refractivity contribution in [1.82, 2.24) is 4.90 Å². The second kappa shape index (κ2) is 5.24. The Bertz CT molecular complexity index is 703.